The van der Waals surface area contributed by atoms with Crippen LogP contribution < -0.4 is 11.5 Å². The molecule has 8 heteroatoms. The number of hydrogen-bond donors (Lipinski definition) is 4. The molecule has 0 fully saturated rings. The van der Waals surface area contributed by atoms with Gasteiger partial charge in [0.25, 0.3) is 0 Å². The molecule has 0 aliphatic rings. The third-order valence-corrected chi connectivity index (χ3v) is 5.42. The van der Waals surface area contributed by atoms with Gasteiger partial charge in [-0.15, -0.1) is 12.4 Å². The molecule has 3 aromatic rings. The Morgan fingerprint density at radius 1 is 0.714 bits per heavy atom. The van der Waals surface area contributed by atoms with Gasteiger partial charge >= 0.3 is 0 Å². The number of furan rings is 1. The van der Waals surface area contributed by atoms with Crippen LogP contribution in [0.1, 0.15) is 11.1 Å². The molecule has 2 aromatic carbocycles. The first-order valence-electron chi connectivity index (χ1n) is 8.25. The maximum Gasteiger partial charge on any atom is 0.151 e. The summed E-state index contributed by atoms with van der Waals surface area (Å²) in [5.74, 6) is 2.57. The molecule has 0 atom stereocenters. The van der Waals surface area contributed by atoms with Gasteiger partial charge in [0.05, 0.1) is 0 Å². The smallest absolute Gasteiger partial charge is 0.151 e. The number of halogens is 1. The zero-order chi connectivity index (χ0) is 19.2. The Hall–Kier alpha value is -2.35. The summed E-state index contributed by atoms with van der Waals surface area (Å²) in [6.45, 7) is 0. The predicted octanol–water partition coefficient (Wildman–Crippen LogP) is 5.29. The maximum atomic E-state index is 7.58. The lowest BCUT2D eigenvalue weighted by molar-refractivity contribution is 0.594. The number of benzene rings is 2. The van der Waals surface area contributed by atoms with Crippen LogP contribution in [0.2, 0.25) is 0 Å². The number of thioether (sulfide) groups is 2. The van der Waals surface area contributed by atoms with Crippen LogP contribution in [0.15, 0.2) is 65.1 Å². The molecule has 0 aliphatic carbocycles. The largest absolute Gasteiger partial charge is 0.455 e. The summed E-state index contributed by atoms with van der Waals surface area (Å²) in [5, 5.41) is 15.3. The van der Waals surface area contributed by atoms with Crippen molar-refractivity contribution in [2.24, 2.45) is 11.5 Å². The van der Waals surface area contributed by atoms with Gasteiger partial charge in [0.15, 0.2) is 10.3 Å². The van der Waals surface area contributed by atoms with Gasteiger partial charge in [0.2, 0.25) is 0 Å². The molecule has 0 amide bonds. The monoisotopic (exact) mass is 432 g/mol. The maximum absolute atomic E-state index is 7.58. The van der Waals surface area contributed by atoms with Gasteiger partial charge in [-0.05, 0) is 0 Å². The van der Waals surface area contributed by atoms with Gasteiger partial charge in [-0.3, -0.25) is 10.8 Å². The van der Waals surface area contributed by atoms with Gasteiger partial charge in [-0.2, -0.15) is 0 Å². The van der Waals surface area contributed by atoms with Crippen LogP contribution in [-0.4, -0.2) is 10.3 Å². The summed E-state index contributed by atoms with van der Waals surface area (Å²) in [6.07, 6.45) is 0. The summed E-state index contributed by atoms with van der Waals surface area (Å²) in [7, 11) is 0. The molecule has 0 saturated heterocycles. The van der Waals surface area contributed by atoms with E-state index in [9.17, 15) is 0 Å². The van der Waals surface area contributed by atoms with Crippen LogP contribution in [0.5, 0.6) is 0 Å². The average molecular weight is 433 g/mol. The van der Waals surface area contributed by atoms with E-state index in [1.54, 1.807) is 0 Å². The van der Waals surface area contributed by atoms with Crippen LogP contribution in [0.4, 0.5) is 0 Å². The van der Waals surface area contributed by atoms with E-state index >= 15 is 0 Å². The van der Waals surface area contributed by atoms with Gasteiger partial charge < -0.3 is 15.9 Å². The molecule has 0 bridgehead atoms. The van der Waals surface area contributed by atoms with E-state index in [-0.39, 0.29) is 22.7 Å². The van der Waals surface area contributed by atoms with E-state index in [0.717, 1.165) is 33.8 Å². The molecule has 1 aromatic heterocycles. The Labute approximate surface area is 178 Å². The molecule has 0 radical (unpaired) electrons. The first kappa shape index (κ1) is 21.9. The van der Waals surface area contributed by atoms with E-state index in [2.05, 4.69) is 0 Å². The predicted molar refractivity (Wildman–Crippen MR) is 123 cm³/mol. The molecule has 6 N–H and O–H groups in total. The fourth-order valence-electron chi connectivity index (χ4n) is 2.75. The highest BCUT2D eigenvalue weighted by Gasteiger charge is 2.23. The van der Waals surface area contributed by atoms with Crippen LogP contribution >= 0.6 is 35.9 Å². The van der Waals surface area contributed by atoms with Gasteiger partial charge in [-0.1, -0.05) is 84.2 Å². The minimum absolute atomic E-state index is 0. The molecule has 3 rings (SSSR count). The second kappa shape index (κ2) is 10.3. The molecule has 5 nitrogen and oxygen atoms in total. The average Bonchev–Trinajstić information content (AvgIpc) is 3.04. The summed E-state index contributed by atoms with van der Waals surface area (Å²) in [6, 6.07) is 19.8. The van der Waals surface area contributed by atoms with Gasteiger partial charge in [0.1, 0.15) is 11.5 Å². The number of amidine groups is 2. The van der Waals surface area contributed by atoms with E-state index in [1.165, 1.54) is 23.5 Å². The number of nitrogens with one attached hydrogen (secondary N) is 2. The highest BCUT2D eigenvalue weighted by molar-refractivity contribution is 8.13. The molecule has 0 unspecified atom stereocenters. The summed E-state index contributed by atoms with van der Waals surface area (Å²) in [5.41, 5.74) is 15.0. The van der Waals surface area contributed by atoms with Crippen LogP contribution in [0.25, 0.3) is 22.6 Å². The quantitative estimate of drug-likeness (QED) is 0.312. The number of rotatable bonds is 6. The standard InChI is InChI=1S/C20H20N4OS2.ClH/c21-19(22)26-11-15-16(12-27-20(23)24)18(14-9-5-2-6-10-14)25-17(15)13-7-3-1-4-8-13;/h1-10H,11-12H2,(H3,21,22)(H3,23,24);1H. The molecular weight excluding hydrogens is 412 g/mol. The number of hydrogen-bond acceptors (Lipinski definition) is 5. The van der Waals surface area contributed by atoms with Crippen molar-refractivity contribution < 1.29 is 4.42 Å². The van der Waals surface area contributed by atoms with Crippen molar-refractivity contribution in [2.45, 2.75) is 11.5 Å². The molecule has 1 heterocycles. The van der Waals surface area contributed by atoms with Gasteiger partial charge in [0, 0.05) is 33.8 Å². The molecule has 0 saturated carbocycles. The molecule has 0 spiro atoms. The minimum atomic E-state index is 0. The number of nitrogens with two attached hydrogens (primary N) is 2. The lowest BCUT2D eigenvalue weighted by Crippen LogP contribution is -2.06. The van der Waals surface area contributed by atoms with Crippen LogP contribution in [0.3, 0.4) is 0 Å². The highest BCUT2D eigenvalue weighted by atomic mass is 35.5. The minimum Gasteiger partial charge on any atom is -0.455 e. The second-order valence-corrected chi connectivity index (χ2v) is 7.79. The van der Waals surface area contributed by atoms with E-state index in [1.807, 2.05) is 60.7 Å². The van der Waals surface area contributed by atoms with Crippen molar-refractivity contribution >= 4 is 46.3 Å². The van der Waals surface area contributed by atoms with Crippen molar-refractivity contribution in [1.29, 1.82) is 10.8 Å². The van der Waals surface area contributed by atoms with E-state index in [0.29, 0.717) is 11.5 Å². The molecular formula is C20H21ClN4OS2. The Balaban J connectivity index is 0.00000280. The lowest BCUT2D eigenvalue weighted by Gasteiger charge is -2.06. The zero-order valence-corrected chi connectivity index (χ0v) is 17.4. The SMILES string of the molecule is Cl.N=C(N)SCc1c(-c2ccccc2)oc(-c2ccccc2)c1CSC(=N)N. The van der Waals surface area contributed by atoms with Gasteiger partial charge in [-0.25, -0.2) is 0 Å². The summed E-state index contributed by atoms with van der Waals surface area (Å²) < 4.78 is 6.33. The third-order valence-electron chi connectivity index (χ3n) is 3.93. The fraction of sp³-hybridized carbons (Fsp3) is 0.100. The van der Waals surface area contributed by atoms with E-state index in [4.69, 9.17) is 26.7 Å². The summed E-state index contributed by atoms with van der Waals surface area (Å²) >= 11 is 2.51. The van der Waals surface area contributed by atoms with Crippen molar-refractivity contribution in [1.82, 2.24) is 0 Å². The molecule has 28 heavy (non-hydrogen) atoms. The Bertz CT molecular complexity index is 870. The normalized spacial score (nSPS) is 10.3. The van der Waals surface area contributed by atoms with Crippen molar-refractivity contribution in [3.05, 3.63) is 71.8 Å². The highest BCUT2D eigenvalue weighted by Crippen LogP contribution is 2.40. The van der Waals surface area contributed by atoms with Crippen molar-refractivity contribution in [3.63, 3.8) is 0 Å². The van der Waals surface area contributed by atoms with E-state index < -0.39 is 0 Å². The third kappa shape index (κ3) is 5.34. The second-order valence-electron chi connectivity index (χ2n) is 5.76. The topological polar surface area (TPSA) is 113 Å². The zero-order valence-electron chi connectivity index (χ0n) is 15.0. The first-order chi connectivity index (χ1) is 13.1. The lowest BCUT2D eigenvalue weighted by atomic mass is 10.0. The van der Waals surface area contributed by atoms with Crippen LogP contribution in [0, 0.1) is 10.8 Å². The fourth-order valence-corrected chi connectivity index (χ4v) is 3.96. The van der Waals surface area contributed by atoms with Crippen molar-refractivity contribution in [3.8, 4) is 22.6 Å². The Kier molecular flexibility index (Phi) is 8.04. The van der Waals surface area contributed by atoms with Crippen molar-refractivity contribution in [2.75, 3.05) is 0 Å². The Morgan fingerprint density at radius 3 is 1.39 bits per heavy atom. The summed E-state index contributed by atoms with van der Waals surface area (Å²) in [4.78, 5) is 0. The first-order valence-corrected chi connectivity index (χ1v) is 10.2. The van der Waals surface area contributed by atoms with Crippen LogP contribution in [-0.2, 0) is 11.5 Å². The Morgan fingerprint density at radius 2 is 1.07 bits per heavy atom. The molecule has 146 valence electrons. The molecule has 0 aliphatic heterocycles.